The molecular weight excluding hydrogens is 373 g/mol. The number of piperidine rings is 2. The number of nitrogens with one attached hydrogen (secondary N) is 1. The van der Waals surface area contributed by atoms with Crippen molar-refractivity contribution in [1.82, 2.24) is 15.1 Å². The van der Waals surface area contributed by atoms with Gasteiger partial charge in [-0.2, -0.15) is 0 Å². The molecule has 0 radical (unpaired) electrons. The summed E-state index contributed by atoms with van der Waals surface area (Å²) < 4.78 is 14.1. The van der Waals surface area contributed by atoms with Crippen LogP contribution in [0.4, 0.5) is 4.39 Å². The van der Waals surface area contributed by atoms with Gasteiger partial charge in [0.15, 0.2) is 0 Å². The lowest BCUT2D eigenvalue weighted by Crippen LogP contribution is -2.64. The Morgan fingerprint density at radius 3 is 2.73 bits per heavy atom. The Balaban J connectivity index is 0.00000218. The summed E-state index contributed by atoms with van der Waals surface area (Å²) in [5.41, 5.74) is 3.55. The number of allylic oxidation sites excluding steroid dienone is 1. The molecule has 1 aliphatic carbocycles. The zero-order valence-corrected chi connectivity index (χ0v) is 17.7. The highest BCUT2D eigenvalue weighted by Gasteiger charge is 2.53. The lowest BCUT2D eigenvalue weighted by atomic mass is 9.56. The molecule has 0 amide bonds. The molecule has 3 heterocycles. The van der Waals surface area contributed by atoms with Gasteiger partial charge in [-0.25, -0.2) is 4.39 Å². The van der Waals surface area contributed by atoms with Crippen molar-refractivity contribution in [2.45, 2.75) is 58.9 Å². The Kier molecular flexibility index (Phi) is 5.63. The molecule has 1 spiro atoms. The average Bonchev–Trinajstić information content (AvgIpc) is 2.63. The molecule has 4 fully saturated rings. The third kappa shape index (κ3) is 3.86. The number of benzene rings is 1. The van der Waals surface area contributed by atoms with Crippen LogP contribution in [-0.2, 0) is 6.42 Å². The van der Waals surface area contributed by atoms with Crippen LogP contribution in [0.1, 0.15) is 50.7 Å². The molecule has 2 unspecified atom stereocenters. The molecule has 0 bridgehead atoms. The number of hydrogen-bond acceptors (Lipinski definition) is 3. The molecule has 1 N–H and O–H groups in total. The van der Waals surface area contributed by atoms with E-state index in [0.29, 0.717) is 17.4 Å². The molecule has 3 saturated heterocycles. The van der Waals surface area contributed by atoms with E-state index in [0.717, 1.165) is 56.1 Å². The summed E-state index contributed by atoms with van der Waals surface area (Å²) in [6, 6.07) is 6.21. The van der Waals surface area contributed by atoms with Gasteiger partial charge in [0.05, 0.1) is 5.82 Å². The third-order valence-corrected chi connectivity index (χ3v) is 7.91. The van der Waals surface area contributed by atoms with E-state index in [1.54, 1.807) is 6.07 Å². The Bertz CT molecular complexity index is 818. The molecule has 0 aromatic heterocycles. The molecule has 4 heteroatoms. The SMILES string of the molecule is C.C=C1CCC2CCN(C(=C)N3CC4(CC(Cc5ccc(C)cc5F)C4)C3)CC2N1. The summed E-state index contributed by atoms with van der Waals surface area (Å²) in [7, 11) is 0. The zero-order valence-electron chi connectivity index (χ0n) is 17.7. The first kappa shape index (κ1) is 21.3. The van der Waals surface area contributed by atoms with Gasteiger partial charge < -0.3 is 15.1 Å². The number of likely N-dealkylation sites (tertiary alicyclic amines) is 2. The topological polar surface area (TPSA) is 18.5 Å². The second kappa shape index (κ2) is 7.94. The molecular formula is C26H38FN3. The van der Waals surface area contributed by atoms with Crippen LogP contribution in [0.5, 0.6) is 0 Å². The number of aryl methyl sites for hydroxylation is 1. The number of rotatable bonds is 4. The molecule has 3 nitrogen and oxygen atoms in total. The summed E-state index contributed by atoms with van der Waals surface area (Å²) in [6.07, 6.45) is 7.02. The number of hydrogen-bond donors (Lipinski definition) is 1. The standard InChI is InChI=1S/C25H34FN3.CH4/c1-17-4-6-22(23(26)10-17)11-20-12-25(13-20)15-29(16-25)19(3)28-9-8-21-7-5-18(2)27-24(21)14-28;/h4,6,10,20-21,24,27H,2-3,5,7-9,11-16H2,1H3;1H4. The van der Waals surface area contributed by atoms with Crippen LogP contribution in [0.2, 0.25) is 0 Å². The van der Waals surface area contributed by atoms with E-state index >= 15 is 0 Å². The summed E-state index contributed by atoms with van der Waals surface area (Å²) in [4.78, 5) is 4.96. The van der Waals surface area contributed by atoms with Gasteiger partial charge in [-0.05, 0) is 74.5 Å². The minimum Gasteiger partial charge on any atom is -0.384 e. The van der Waals surface area contributed by atoms with E-state index in [1.165, 1.54) is 37.2 Å². The highest BCUT2D eigenvalue weighted by Crippen LogP contribution is 2.54. The van der Waals surface area contributed by atoms with Gasteiger partial charge in [-0.1, -0.05) is 32.7 Å². The van der Waals surface area contributed by atoms with Gasteiger partial charge in [-0.15, -0.1) is 0 Å². The summed E-state index contributed by atoms with van der Waals surface area (Å²) >= 11 is 0. The summed E-state index contributed by atoms with van der Waals surface area (Å²) in [6.45, 7) is 15.0. The number of fused-ring (bicyclic) bond motifs is 1. The van der Waals surface area contributed by atoms with Crippen molar-refractivity contribution in [1.29, 1.82) is 0 Å². The Hall–Kier alpha value is -1.97. The minimum atomic E-state index is -0.0306. The van der Waals surface area contributed by atoms with E-state index in [4.69, 9.17) is 0 Å². The van der Waals surface area contributed by atoms with E-state index in [9.17, 15) is 4.39 Å². The molecule has 2 atom stereocenters. The molecule has 1 aromatic rings. The predicted molar refractivity (Wildman–Crippen MR) is 122 cm³/mol. The Labute approximate surface area is 182 Å². The quantitative estimate of drug-likeness (QED) is 0.745. The maximum atomic E-state index is 14.1. The summed E-state index contributed by atoms with van der Waals surface area (Å²) in [5.74, 6) is 2.61. The first-order valence-corrected chi connectivity index (χ1v) is 11.3. The highest BCUT2D eigenvalue weighted by molar-refractivity contribution is 5.25. The van der Waals surface area contributed by atoms with E-state index in [2.05, 4.69) is 28.3 Å². The number of halogens is 1. The van der Waals surface area contributed by atoms with Gasteiger partial charge >= 0.3 is 0 Å². The first-order valence-electron chi connectivity index (χ1n) is 11.3. The summed E-state index contributed by atoms with van der Waals surface area (Å²) in [5, 5.41) is 3.63. The van der Waals surface area contributed by atoms with Crippen LogP contribution in [-0.4, -0.2) is 42.0 Å². The fraction of sp³-hybridized carbons (Fsp3) is 0.615. The maximum absolute atomic E-state index is 14.1. The average molecular weight is 412 g/mol. The van der Waals surface area contributed by atoms with Crippen molar-refractivity contribution in [2.24, 2.45) is 17.3 Å². The van der Waals surface area contributed by atoms with Crippen LogP contribution < -0.4 is 5.32 Å². The van der Waals surface area contributed by atoms with Gasteiger partial charge in [0, 0.05) is 43.3 Å². The van der Waals surface area contributed by atoms with Gasteiger partial charge in [0.2, 0.25) is 0 Å². The van der Waals surface area contributed by atoms with E-state index in [1.807, 2.05) is 19.1 Å². The van der Waals surface area contributed by atoms with Crippen LogP contribution in [0, 0.1) is 30.0 Å². The molecule has 5 rings (SSSR count). The Morgan fingerprint density at radius 2 is 2.00 bits per heavy atom. The second-order valence-corrected chi connectivity index (χ2v) is 10.2. The molecule has 3 aliphatic heterocycles. The van der Waals surface area contributed by atoms with Crippen LogP contribution in [0.25, 0.3) is 0 Å². The van der Waals surface area contributed by atoms with Gasteiger partial charge in [0.1, 0.15) is 5.82 Å². The molecule has 1 saturated carbocycles. The monoisotopic (exact) mass is 411 g/mol. The smallest absolute Gasteiger partial charge is 0.126 e. The van der Waals surface area contributed by atoms with E-state index < -0.39 is 0 Å². The predicted octanol–water partition coefficient (Wildman–Crippen LogP) is 5.08. The first-order chi connectivity index (χ1) is 13.9. The highest BCUT2D eigenvalue weighted by atomic mass is 19.1. The van der Waals surface area contributed by atoms with Crippen molar-refractivity contribution in [3.8, 4) is 0 Å². The van der Waals surface area contributed by atoms with Crippen molar-refractivity contribution in [3.05, 3.63) is 59.8 Å². The molecule has 30 heavy (non-hydrogen) atoms. The van der Waals surface area contributed by atoms with Crippen molar-refractivity contribution in [2.75, 3.05) is 26.2 Å². The van der Waals surface area contributed by atoms with Crippen molar-refractivity contribution < 1.29 is 4.39 Å². The van der Waals surface area contributed by atoms with Gasteiger partial charge in [-0.3, -0.25) is 0 Å². The fourth-order valence-electron chi connectivity index (χ4n) is 6.28. The molecule has 4 aliphatic rings. The van der Waals surface area contributed by atoms with Gasteiger partial charge in [0.25, 0.3) is 0 Å². The lowest BCUT2D eigenvalue weighted by molar-refractivity contribution is -0.0910. The van der Waals surface area contributed by atoms with Crippen molar-refractivity contribution in [3.63, 3.8) is 0 Å². The van der Waals surface area contributed by atoms with Crippen LogP contribution in [0.3, 0.4) is 0 Å². The third-order valence-electron chi connectivity index (χ3n) is 7.91. The van der Waals surface area contributed by atoms with Crippen molar-refractivity contribution >= 4 is 0 Å². The molecule has 164 valence electrons. The maximum Gasteiger partial charge on any atom is 0.126 e. The molecule has 1 aromatic carbocycles. The number of nitrogens with zero attached hydrogens (tertiary/aromatic N) is 2. The van der Waals surface area contributed by atoms with Crippen LogP contribution >= 0.6 is 0 Å². The second-order valence-electron chi connectivity index (χ2n) is 10.2. The normalized spacial score (nSPS) is 27.5. The largest absolute Gasteiger partial charge is 0.384 e. The van der Waals surface area contributed by atoms with E-state index in [-0.39, 0.29) is 13.2 Å². The van der Waals surface area contributed by atoms with Crippen LogP contribution in [0.15, 0.2) is 42.9 Å². The minimum absolute atomic E-state index is 0. The zero-order chi connectivity index (χ0) is 20.2. The fourth-order valence-corrected chi connectivity index (χ4v) is 6.28. The Morgan fingerprint density at radius 1 is 1.23 bits per heavy atom. The lowest BCUT2D eigenvalue weighted by Gasteiger charge is -2.61.